The van der Waals surface area contributed by atoms with Crippen molar-refractivity contribution in [2.24, 2.45) is 5.92 Å². The van der Waals surface area contributed by atoms with E-state index in [0.29, 0.717) is 6.04 Å². The van der Waals surface area contributed by atoms with Crippen molar-refractivity contribution in [1.29, 1.82) is 0 Å². The zero-order chi connectivity index (χ0) is 13.4. The number of rotatable bonds is 8. The van der Waals surface area contributed by atoms with Crippen LogP contribution in [0.5, 0.6) is 0 Å². The summed E-state index contributed by atoms with van der Waals surface area (Å²) in [4.78, 5) is 2.52. The molecule has 1 saturated carbocycles. The van der Waals surface area contributed by atoms with Crippen molar-refractivity contribution in [3.63, 3.8) is 0 Å². The summed E-state index contributed by atoms with van der Waals surface area (Å²) in [6.07, 6.45) is 8.33. The van der Waals surface area contributed by atoms with E-state index in [1.165, 1.54) is 58.2 Å². The standard InChI is InChI=1S/C16H34N2/c1-5-18(6-2)13-9-11-15(4)17-16-12-8-7-10-14(16)3/h14-17H,5-13H2,1-4H3. The molecule has 1 aliphatic carbocycles. The highest BCUT2D eigenvalue weighted by Crippen LogP contribution is 2.24. The molecule has 0 saturated heterocycles. The lowest BCUT2D eigenvalue weighted by molar-refractivity contribution is 0.248. The maximum absolute atomic E-state index is 3.86. The SMILES string of the molecule is CCN(CC)CCCC(C)NC1CCCCC1C. The lowest BCUT2D eigenvalue weighted by Crippen LogP contribution is -2.42. The molecule has 1 aliphatic rings. The van der Waals surface area contributed by atoms with E-state index in [1.807, 2.05) is 0 Å². The first-order valence-electron chi connectivity index (χ1n) is 8.15. The van der Waals surface area contributed by atoms with Gasteiger partial charge in [0, 0.05) is 12.1 Å². The van der Waals surface area contributed by atoms with Crippen LogP contribution in [0.15, 0.2) is 0 Å². The van der Waals surface area contributed by atoms with Gasteiger partial charge in [0.2, 0.25) is 0 Å². The van der Waals surface area contributed by atoms with Crippen molar-refractivity contribution in [2.45, 2.75) is 78.3 Å². The van der Waals surface area contributed by atoms with Gasteiger partial charge in [-0.05, 0) is 58.2 Å². The Morgan fingerprint density at radius 3 is 2.44 bits per heavy atom. The Bertz CT molecular complexity index is 201. The van der Waals surface area contributed by atoms with Gasteiger partial charge in [0.1, 0.15) is 0 Å². The van der Waals surface area contributed by atoms with Crippen LogP contribution in [0.1, 0.15) is 66.2 Å². The molecule has 0 aromatic carbocycles. The molecule has 2 heteroatoms. The topological polar surface area (TPSA) is 15.3 Å². The Kier molecular flexibility index (Phi) is 7.92. The van der Waals surface area contributed by atoms with E-state index in [0.717, 1.165) is 12.0 Å². The maximum Gasteiger partial charge on any atom is 0.00951 e. The molecule has 0 aromatic heterocycles. The smallest absolute Gasteiger partial charge is 0.00951 e. The van der Waals surface area contributed by atoms with Crippen LogP contribution in [-0.2, 0) is 0 Å². The molecule has 2 nitrogen and oxygen atoms in total. The summed E-state index contributed by atoms with van der Waals surface area (Å²) in [6.45, 7) is 12.9. The van der Waals surface area contributed by atoms with Crippen LogP contribution in [0, 0.1) is 5.92 Å². The molecule has 0 bridgehead atoms. The summed E-state index contributed by atoms with van der Waals surface area (Å²) in [5.41, 5.74) is 0. The normalized spacial score (nSPS) is 26.5. The van der Waals surface area contributed by atoms with Crippen molar-refractivity contribution in [1.82, 2.24) is 10.2 Å². The quantitative estimate of drug-likeness (QED) is 0.711. The van der Waals surface area contributed by atoms with Crippen LogP contribution in [0.25, 0.3) is 0 Å². The molecule has 0 aromatic rings. The van der Waals surface area contributed by atoms with E-state index in [9.17, 15) is 0 Å². The van der Waals surface area contributed by atoms with Gasteiger partial charge in [0.25, 0.3) is 0 Å². The Balaban J connectivity index is 2.14. The third kappa shape index (κ3) is 5.71. The van der Waals surface area contributed by atoms with Crippen LogP contribution in [0.2, 0.25) is 0 Å². The average molecular weight is 254 g/mol. The van der Waals surface area contributed by atoms with Gasteiger partial charge in [-0.25, -0.2) is 0 Å². The molecule has 108 valence electrons. The molecule has 1 fully saturated rings. The number of nitrogens with one attached hydrogen (secondary N) is 1. The van der Waals surface area contributed by atoms with Crippen LogP contribution < -0.4 is 5.32 Å². The molecule has 0 spiro atoms. The predicted octanol–water partition coefficient (Wildman–Crippen LogP) is 3.67. The molecule has 0 heterocycles. The van der Waals surface area contributed by atoms with E-state index in [1.54, 1.807) is 0 Å². The van der Waals surface area contributed by atoms with Gasteiger partial charge in [-0.1, -0.05) is 33.6 Å². The third-order valence-electron chi connectivity index (χ3n) is 4.62. The van der Waals surface area contributed by atoms with Crippen molar-refractivity contribution in [3.05, 3.63) is 0 Å². The van der Waals surface area contributed by atoms with Gasteiger partial charge in [-0.2, -0.15) is 0 Å². The van der Waals surface area contributed by atoms with Crippen molar-refractivity contribution in [2.75, 3.05) is 19.6 Å². The summed E-state index contributed by atoms with van der Waals surface area (Å²) in [7, 11) is 0. The second-order valence-corrected chi connectivity index (χ2v) is 6.11. The minimum atomic E-state index is 0.686. The summed E-state index contributed by atoms with van der Waals surface area (Å²) < 4.78 is 0. The number of nitrogens with zero attached hydrogens (tertiary/aromatic N) is 1. The minimum absolute atomic E-state index is 0.686. The summed E-state index contributed by atoms with van der Waals surface area (Å²) in [5.74, 6) is 0.879. The Hall–Kier alpha value is -0.0800. The molecule has 18 heavy (non-hydrogen) atoms. The van der Waals surface area contributed by atoms with E-state index >= 15 is 0 Å². The first-order chi connectivity index (χ1) is 8.67. The van der Waals surface area contributed by atoms with Crippen molar-refractivity contribution < 1.29 is 0 Å². The zero-order valence-corrected chi connectivity index (χ0v) is 13.0. The highest BCUT2D eigenvalue weighted by atomic mass is 15.1. The van der Waals surface area contributed by atoms with Gasteiger partial charge in [0.15, 0.2) is 0 Å². The van der Waals surface area contributed by atoms with Crippen LogP contribution >= 0.6 is 0 Å². The second kappa shape index (κ2) is 8.92. The van der Waals surface area contributed by atoms with Crippen molar-refractivity contribution >= 4 is 0 Å². The van der Waals surface area contributed by atoms with E-state index in [2.05, 4.69) is 37.9 Å². The van der Waals surface area contributed by atoms with Gasteiger partial charge in [-0.3, -0.25) is 0 Å². The number of hydrogen-bond acceptors (Lipinski definition) is 2. The summed E-state index contributed by atoms with van der Waals surface area (Å²) >= 11 is 0. The molecule has 0 radical (unpaired) electrons. The van der Waals surface area contributed by atoms with Gasteiger partial charge >= 0.3 is 0 Å². The predicted molar refractivity (Wildman–Crippen MR) is 81.0 cm³/mol. The molecule has 3 unspecified atom stereocenters. The molecule has 1 N–H and O–H groups in total. The van der Waals surface area contributed by atoms with E-state index < -0.39 is 0 Å². The zero-order valence-electron chi connectivity index (χ0n) is 13.0. The van der Waals surface area contributed by atoms with Crippen LogP contribution in [0.3, 0.4) is 0 Å². The van der Waals surface area contributed by atoms with Gasteiger partial charge < -0.3 is 10.2 Å². The van der Waals surface area contributed by atoms with Gasteiger partial charge in [-0.15, -0.1) is 0 Å². The van der Waals surface area contributed by atoms with E-state index in [-0.39, 0.29) is 0 Å². The lowest BCUT2D eigenvalue weighted by atomic mass is 9.85. The lowest BCUT2D eigenvalue weighted by Gasteiger charge is -2.32. The minimum Gasteiger partial charge on any atom is -0.311 e. The summed E-state index contributed by atoms with van der Waals surface area (Å²) in [6, 6.07) is 1.47. The fourth-order valence-corrected chi connectivity index (χ4v) is 3.17. The second-order valence-electron chi connectivity index (χ2n) is 6.11. The monoisotopic (exact) mass is 254 g/mol. The number of hydrogen-bond donors (Lipinski definition) is 1. The van der Waals surface area contributed by atoms with Crippen LogP contribution in [0.4, 0.5) is 0 Å². The largest absolute Gasteiger partial charge is 0.311 e. The molecule has 1 rings (SSSR count). The molecule has 0 amide bonds. The highest BCUT2D eigenvalue weighted by molar-refractivity contribution is 4.80. The van der Waals surface area contributed by atoms with Crippen LogP contribution in [-0.4, -0.2) is 36.6 Å². The molecule has 3 atom stereocenters. The Morgan fingerprint density at radius 1 is 1.17 bits per heavy atom. The van der Waals surface area contributed by atoms with Gasteiger partial charge in [0.05, 0.1) is 0 Å². The molecule has 0 aliphatic heterocycles. The Morgan fingerprint density at radius 2 is 1.83 bits per heavy atom. The third-order valence-corrected chi connectivity index (χ3v) is 4.62. The molecular formula is C16H34N2. The average Bonchev–Trinajstić information content (AvgIpc) is 2.37. The fourth-order valence-electron chi connectivity index (χ4n) is 3.17. The summed E-state index contributed by atoms with van der Waals surface area (Å²) in [5, 5.41) is 3.86. The Labute approximate surface area is 115 Å². The first kappa shape index (κ1) is 16.0. The molecular weight excluding hydrogens is 220 g/mol. The fraction of sp³-hybridized carbons (Fsp3) is 1.00. The highest BCUT2D eigenvalue weighted by Gasteiger charge is 2.22. The van der Waals surface area contributed by atoms with E-state index in [4.69, 9.17) is 0 Å². The maximum atomic E-state index is 3.86. The first-order valence-corrected chi connectivity index (χ1v) is 8.15. The van der Waals surface area contributed by atoms with Crippen molar-refractivity contribution in [3.8, 4) is 0 Å².